The van der Waals surface area contributed by atoms with Gasteiger partial charge < -0.3 is 4.90 Å². The van der Waals surface area contributed by atoms with E-state index in [9.17, 15) is 18.0 Å². The first kappa shape index (κ1) is 22.7. The molecular formula is C22H25BrN2O4S. The number of piperidine rings is 1. The zero-order valence-corrected chi connectivity index (χ0v) is 19.4. The molecule has 0 unspecified atom stereocenters. The number of rotatable bonds is 6. The van der Waals surface area contributed by atoms with Gasteiger partial charge in [-0.25, -0.2) is 8.42 Å². The fraction of sp³-hybridized carbons (Fsp3) is 0.364. The molecule has 0 aromatic heterocycles. The summed E-state index contributed by atoms with van der Waals surface area (Å²) in [4.78, 5) is 27.9. The normalized spacial score (nSPS) is 15.4. The smallest absolute Gasteiger partial charge is 0.254 e. The number of carbonyl (C=O) groups is 2. The lowest BCUT2D eigenvalue weighted by Crippen LogP contribution is -2.48. The number of amides is 1. The maximum atomic E-state index is 13.2. The van der Waals surface area contributed by atoms with Crippen molar-refractivity contribution in [2.75, 3.05) is 25.9 Å². The molecule has 0 saturated carbocycles. The number of ketones is 1. The minimum absolute atomic E-state index is 0.103. The van der Waals surface area contributed by atoms with E-state index in [1.54, 1.807) is 53.4 Å². The number of likely N-dealkylation sites (tertiary alicyclic amines) is 1. The predicted molar refractivity (Wildman–Crippen MR) is 120 cm³/mol. The van der Waals surface area contributed by atoms with Crippen molar-refractivity contribution in [1.82, 2.24) is 9.21 Å². The minimum atomic E-state index is -3.27. The molecule has 0 bridgehead atoms. The molecular weight excluding hydrogens is 468 g/mol. The van der Waals surface area contributed by atoms with Crippen molar-refractivity contribution in [3.8, 4) is 0 Å². The first-order chi connectivity index (χ1) is 14.2. The summed E-state index contributed by atoms with van der Waals surface area (Å²) in [6.07, 6.45) is 2.38. The third-order valence-corrected chi connectivity index (χ3v) is 7.34. The lowest BCUT2D eigenvalue weighted by molar-refractivity contribution is 0.0677. The van der Waals surface area contributed by atoms with Crippen molar-refractivity contribution >= 4 is 37.6 Å². The monoisotopic (exact) mass is 492 g/mol. The Morgan fingerprint density at radius 3 is 2.13 bits per heavy atom. The van der Waals surface area contributed by atoms with E-state index in [1.165, 1.54) is 10.6 Å². The highest BCUT2D eigenvalue weighted by atomic mass is 79.9. The summed E-state index contributed by atoms with van der Waals surface area (Å²) >= 11 is 3.36. The molecule has 8 heteroatoms. The molecule has 1 aliphatic heterocycles. The summed E-state index contributed by atoms with van der Waals surface area (Å²) in [5, 5.41) is 0. The van der Waals surface area contributed by atoms with Gasteiger partial charge in [0.1, 0.15) is 0 Å². The van der Waals surface area contributed by atoms with Crippen LogP contribution in [0.4, 0.5) is 0 Å². The molecule has 1 saturated heterocycles. The minimum Gasteiger partial charge on any atom is -0.339 e. The molecule has 1 aliphatic rings. The lowest BCUT2D eigenvalue weighted by atomic mass is 9.96. The number of halogens is 1. The summed E-state index contributed by atoms with van der Waals surface area (Å²) in [5.74, 6) is -0.396. The van der Waals surface area contributed by atoms with Gasteiger partial charge in [0.25, 0.3) is 5.91 Å². The molecule has 30 heavy (non-hydrogen) atoms. The standard InChI is InChI=1S/C22H25BrN2O4S/c1-3-25(30(2,28)29)18-12-14-24(15-13-18)22(27)20-7-5-4-6-19(20)21(26)16-8-10-17(23)11-9-16/h4-11,18H,3,12-15H2,1-2H3. The Morgan fingerprint density at radius 2 is 1.60 bits per heavy atom. The van der Waals surface area contributed by atoms with Crippen LogP contribution >= 0.6 is 15.9 Å². The first-order valence-corrected chi connectivity index (χ1v) is 12.5. The average Bonchev–Trinajstić information content (AvgIpc) is 2.73. The summed E-state index contributed by atoms with van der Waals surface area (Å²) < 4.78 is 26.3. The third-order valence-electron chi connectivity index (χ3n) is 5.41. The van der Waals surface area contributed by atoms with Crippen LogP contribution in [0.1, 0.15) is 46.0 Å². The molecule has 3 rings (SSSR count). The van der Waals surface area contributed by atoms with Crippen LogP contribution in [0.2, 0.25) is 0 Å². The number of carbonyl (C=O) groups excluding carboxylic acids is 2. The van der Waals surface area contributed by atoms with Crippen LogP contribution in [-0.2, 0) is 10.0 Å². The first-order valence-electron chi connectivity index (χ1n) is 9.87. The van der Waals surface area contributed by atoms with Gasteiger partial charge in [0.2, 0.25) is 10.0 Å². The van der Waals surface area contributed by atoms with Gasteiger partial charge in [0, 0.05) is 41.3 Å². The fourth-order valence-electron chi connectivity index (χ4n) is 3.92. The van der Waals surface area contributed by atoms with Gasteiger partial charge in [0.15, 0.2) is 5.78 Å². The maximum absolute atomic E-state index is 13.2. The Labute approximate surface area is 186 Å². The second-order valence-electron chi connectivity index (χ2n) is 7.37. The van der Waals surface area contributed by atoms with Crippen molar-refractivity contribution in [2.45, 2.75) is 25.8 Å². The SMILES string of the molecule is CCN(C1CCN(C(=O)c2ccccc2C(=O)c2ccc(Br)cc2)CC1)S(C)(=O)=O. The highest BCUT2D eigenvalue weighted by molar-refractivity contribution is 9.10. The van der Waals surface area contributed by atoms with Gasteiger partial charge in [-0.05, 0) is 43.2 Å². The van der Waals surface area contributed by atoms with Crippen LogP contribution in [0.15, 0.2) is 53.0 Å². The van der Waals surface area contributed by atoms with E-state index in [-0.39, 0.29) is 17.7 Å². The van der Waals surface area contributed by atoms with E-state index in [2.05, 4.69) is 15.9 Å². The van der Waals surface area contributed by atoms with Crippen molar-refractivity contribution in [1.29, 1.82) is 0 Å². The summed E-state index contributed by atoms with van der Waals surface area (Å²) in [7, 11) is -3.27. The zero-order valence-electron chi connectivity index (χ0n) is 17.0. The highest BCUT2D eigenvalue weighted by Gasteiger charge is 2.31. The Balaban J connectivity index is 1.77. The molecule has 0 atom stereocenters. The van der Waals surface area contributed by atoms with Crippen LogP contribution in [0, 0.1) is 0 Å². The molecule has 1 amide bonds. The number of nitrogens with zero attached hydrogens (tertiary/aromatic N) is 2. The van der Waals surface area contributed by atoms with Gasteiger partial charge in [-0.2, -0.15) is 4.31 Å². The summed E-state index contributed by atoms with van der Waals surface area (Å²) in [6.45, 7) is 3.15. The fourth-order valence-corrected chi connectivity index (χ4v) is 5.40. The molecule has 0 aliphatic carbocycles. The molecule has 1 fully saturated rings. The molecule has 0 spiro atoms. The van der Waals surface area contributed by atoms with E-state index < -0.39 is 10.0 Å². The van der Waals surface area contributed by atoms with Gasteiger partial charge in [-0.1, -0.05) is 41.1 Å². The van der Waals surface area contributed by atoms with Crippen molar-refractivity contribution < 1.29 is 18.0 Å². The van der Waals surface area contributed by atoms with Crippen LogP contribution in [0.5, 0.6) is 0 Å². The van der Waals surface area contributed by atoms with E-state index in [0.29, 0.717) is 49.2 Å². The highest BCUT2D eigenvalue weighted by Crippen LogP contribution is 2.23. The Hall–Kier alpha value is -2.03. The average molecular weight is 493 g/mol. The van der Waals surface area contributed by atoms with E-state index >= 15 is 0 Å². The second-order valence-corrected chi connectivity index (χ2v) is 10.2. The van der Waals surface area contributed by atoms with Crippen molar-refractivity contribution in [2.24, 2.45) is 0 Å². The molecule has 0 radical (unpaired) electrons. The molecule has 6 nitrogen and oxygen atoms in total. The number of benzene rings is 2. The van der Waals surface area contributed by atoms with Gasteiger partial charge in [-0.15, -0.1) is 0 Å². The largest absolute Gasteiger partial charge is 0.339 e. The van der Waals surface area contributed by atoms with Gasteiger partial charge in [0.05, 0.1) is 11.8 Å². The van der Waals surface area contributed by atoms with Crippen LogP contribution < -0.4 is 0 Å². The summed E-state index contributed by atoms with van der Waals surface area (Å²) in [6, 6.07) is 13.8. The van der Waals surface area contributed by atoms with Crippen LogP contribution in [-0.4, -0.2) is 61.2 Å². The second kappa shape index (κ2) is 9.41. The Bertz CT molecular complexity index is 1030. The predicted octanol–water partition coefficient (Wildman–Crippen LogP) is 3.57. The van der Waals surface area contributed by atoms with E-state index in [1.807, 2.05) is 6.92 Å². The van der Waals surface area contributed by atoms with E-state index in [4.69, 9.17) is 0 Å². The van der Waals surface area contributed by atoms with Crippen LogP contribution in [0.25, 0.3) is 0 Å². The molecule has 2 aromatic carbocycles. The summed E-state index contributed by atoms with van der Waals surface area (Å²) in [5.41, 5.74) is 1.27. The van der Waals surface area contributed by atoms with Crippen LogP contribution in [0.3, 0.4) is 0 Å². The third kappa shape index (κ3) is 4.99. The number of hydrogen-bond acceptors (Lipinski definition) is 4. The van der Waals surface area contributed by atoms with Gasteiger partial charge >= 0.3 is 0 Å². The quantitative estimate of drug-likeness (QED) is 0.577. The van der Waals surface area contributed by atoms with E-state index in [0.717, 1.165) is 4.47 Å². The van der Waals surface area contributed by atoms with Gasteiger partial charge in [-0.3, -0.25) is 9.59 Å². The lowest BCUT2D eigenvalue weighted by Gasteiger charge is -2.37. The number of hydrogen-bond donors (Lipinski definition) is 0. The Kier molecular flexibility index (Phi) is 7.10. The molecule has 0 N–H and O–H groups in total. The molecule has 1 heterocycles. The molecule has 2 aromatic rings. The zero-order chi connectivity index (χ0) is 21.9. The molecule has 160 valence electrons. The topological polar surface area (TPSA) is 74.8 Å². The maximum Gasteiger partial charge on any atom is 0.254 e. The van der Waals surface area contributed by atoms with Crippen molar-refractivity contribution in [3.05, 3.63) is 69.7 Å². The Morgan fingerprint density at radius 1 is 1.03 bits per heavy atom. The number of sulfonamides is 1. The van der Waals surface area contributed by atoms with Crippen molar-refractivity contribution in [3.63, 3.8) is 0 Å².